The van der Waals surface area contributed by atoms with E-state index in [1.54, 1.807) is 23.3 Å². The van der Waals surface area contributed by atoms with Gasteiger partial charge in [0, 0.05) is 18.2 Å². The third-order valence-electron chi connectivity index (χ3n) is 3.67. The van der Waals surface area contributed by atoms with Crippen molar-refractivity contribution in [3.8, 4) is 5.82 Å². The van der Waals surface area contributed by atoms with Crippen LogP contribution in [-0.4, -0.2) is 38.2 Å². The lowest BCUT2D eigenvalue weighted by molar-refractivity contribution is -0.120. The standard InChI is InChI=1S/C14H18N6O/c1-10-7-11(4-6-16-10)14(21)19-12-3-2-5-17-13(12)20-9-15-8-18-20/h2-3,5,8-11,16H,4,6-7H2,1H3,(H,19,21). The number of carbonyl (C=O) groups excluding carboxylic acids is 1. The second-order valence-corrected chi connectivity index (χ2v) is 5.28. The highest BCUT2D eigenvalue weighted by Gasteiger charge is 2.25. The Labute approximate surface area is 122 Å². The first-order chi connectivity index (χ1) is 10.2. The van der Waals surface area contributed by atoms with Crippen molar-refractivity contribution in [2.24, 2.45) is 5.92 Å². The SMILES string of the molecule is CC1CC(C(=O)Nc2cccnc2-n2cncn2)CCN1. The molecule has 1 aliphatic heterocycles. The molecule has 1 amide bonds. The first kappa shape index (κ1) is 13.7. The monoisotopic (exact) mass is 286 g/mol. The smallest absolute Gasteiger partial charge is 0.227 e. The summed E-state index contributed by atoms with van der Waals surface area (Å²) in [6.07, 6.45) is 6.37. The number of anilines is 1. The molecule has 0 saturated carbocycles. The van der Waals surface area contributed by atoms with Gasteiger partial charge in [-0.25, -0.2) is 14.6 Å². The Bertz CT molecular complexity index is 612. The summed E-state index contributed by atoms with van der Waals surface area (Å²) in [6.45, 7) is 2.98. The molecule has 2 N–H and O–H groups in total. The molecular formula is C14H18N6O. The van der Waals surface area contributed by atoms with E-state index in [1.807, 2.05) is 6.07 Å². The van der Waals surface area contributed by atoms with Crippen molar-refractivity contribution in [3.05, 3.63) is 31.0 Å². The van der Waals surface area contributed by atoms with E-state index in [1.165, 1.54) is 6.33 Å². The number of amides is 1. The normalized spacial score (nSPS) is 22.0. The quantitative estimate of drug-likeness (QED) is 0.879. The zero-order valence-electron chi connectivity index (χ0n) is 11.9. The summed E-state index contributed by atoms with van der Waals surface area (Å²) in [5.74, 6) is 0.646. The van der Waals surface area contributed by atoms with Crippen molar-refractivity contribution in [1.82, 2.24) is 25.1 Å². The number of piperidine rings is 1. The van der Waals surface area contributed by atoms with Crippen LogP contribution in [0.1, 0.15) is 19.8 Å². The molecule has 0 radical (unpaired) electrons. The molecule has 2 aromatic rings. The van der Waals surface area contributed by atoms with Crippen LogP contribution >= 0.6 is 0 Å². The largest absolute Gasteiger partial charge is 0.323 e. The molecule has 2 atom stereocenters. The van der Waals surface area contributed by atoms with Crippen LogP contribution in [-0.2, 0) is 4.79 Å². The summed E-state index contributed by atoms with van der Waals surface area (Å²) < 4.78 is 1.54. The van der Waals surface area contributed by atoms with Gasteiger partial charge in [0.1, 0.15) is 12.7 Å². The first-order valence-corrected chi connectivity index (χ1v) is 7.08. The summed E-state index contributed by atoms with van der Waals surface area (Å²) in [5.41, 5.74) is 0.652. The van der Waals surface area contributed by atoms with Gasteiger partial charge in [0.05, 0.1) is 5.69 Å². The van der Waals surface area contributed by atoms with E-state index in [9.17, 15) is 4.79 Å². The summed E-state index contributed by atoms with van der Waals surface area (Å²) in [5, 5.41) is 10.4. The van der Waals surface area contributed by atoms with Crippen LogP contribution in [0.15, 0.2) is 31.0 Å². The molecule has 2 unspecified atom stereocenters. The second-order valence-electron chi connectivity index (χ2n) is 5.28. The van der Waals surface area contributed by atoms with Crippen molar-refractivity contribution in [3.63, 3.8) is 0 Å². The summed E-state index contributed by atoms with van der Waals surface area (Å²) in [6, 6.07) is 3.99. The number of rotatable bonds is 3. The number of aromatic nitrogens is 4. The van der Waals surface area contributed by atoms with Gasteiger partial charge in [0.2, 0.25) is 5.91 Å². The van der Waals surface area contributed by atoms with E-state index in [2.05, 4.69) is 32.6 Å². The van der Waals surface area contributed by atoms with Gasteiger partial charge < -0.3 is 10.6 Å². The fourth-order valence-electron chi connectivity index (χ4n) is 2.60. The molecule has 3 heterocycles. The minimum Gasteiger partial charge on any atom is -0.323 e. The van der Waals surface area contributed by atoms with Crippen LogP contribution in [0, 0.1) is 5.92 Å². The highest BCUT2D eigenvalue weighted by molar-refractivity contribution is 5.94. The summed E-state index contributed by atoms with van der Waals surface area (Å²) in [4.78, 5) is 20.6. The Morgan fingerprint density at radius 2 is 2.43 bits per heavy atom. The van der Waals surface area contributed by atoms with Gasteiger partial charge in [-0.05, 0) is 38.4 Å². The van der Waals surface area contributed by atoms with Gasteiger partial charge in [-0.2, -0.15) is 5.10 Å². The number of carbonyl (C=O) groups is 1. The van der Waals surface area contributed by atoms with Gasteiger partial charge >= 0.3 is 0 Å². The first-order valence-electron chi connectivity index (χ1n) is 7.08. The number of pyridine rings is 1. The number of hydrogen-bond acceptors (Lipinski definition) is 5. The Morgan fingerprint density at radius 1 is 1.52 bits per heavy atom. The van der Waals surface area contributed by atoms with E-state index in [0.717, 1.165) is 19.4 Å². The number of nitrogens with zero attached hydrogens (tertiary/aromatic N) is 4. The molecule has 1 fully saturated rings. The summed E-state index contributed by atoms with van der Waals surface area (Å²) >= 11 is 0. The van der Waals surface area contributed by atoms with Gasteiger partial charge in [-0.3, -0.25) is 4.79 Å². The van der Waals surface area contributed by atoms with Crippen LogP contribution in [0.2, 0.25) is 0 Å². The number of hydrogen-bond donors (Lipinski definition) is 2. The highest BCUT2D eigenvalue weighted by atomic mass is 16.1. The van der Waals surface area contributed by atoms with Crippen LogP contribution in [0.4, 0.5) is 5.69 Å². The van der Waals surface area contributed by atoms with Gasteiger partial charge in [0.25, 0.3) is 0 Å². The molecule has 2 aromatic heterocycles. The molecule has 7 heteroatoms. The van der Waals surface area contributed by atoms with Crippen molar-refractivity contribution in [2.75, 3.05) is 11.9 Å². The van der Waals surface area contributed by atoms with E-state index < -0.39 is 0 Å². The average molecular weight is 286 g/mol. The van der Waals surface area contributed by atoms with E-state index in [-0.39, 0.29) is 11.8 Å². The van der Waals surface area contributed by atoms with Gasteiger partial charge in [-0.15, -0.1) is 0 Å². The van der Waals surface area contributed by atoms with E-state index in [0.29, 0.717) is 17.5 Å². The Morgan fingerprint density at radius 3 is 3.19 bits per heavy atom. The third-order valence-corrected chi connectivity index (χ3v) is 3.67. The fraction of sp³-hybridized carbons (Fsp3) is 0.429. The molecule has 0 aliphatic carbocycles. The molecule has 1 aliphatic rings. The Kier molecular flexibility index (Phi) is 3.92. The maximum atomic E-state index is 12.4. The molecular weight excluding hydrogens is 268 g/mol. The van der Waals surface area contributed by atoms with Crippen LogP contribution in [0.5, 0.6) is 0 Å². The lowest BCUT2D eigenvalue weighted by Gasteiger charge is -2.27. The predicted molar refractivity (Wildman–Crippen MR) is 78.0 cm³/mol. The third kappa shape index (κ3) is 3.08. The molecule has 0 spiro atoms. The lowest BCUT2D eigenvalue weighted by Crippen LogP contribution is -2.40. The predicted octanol–water partition coefficient (Wildman–Crippen LogP) is 0.989. The summed E-state index contributed by atoms with van der Waals surface area (Å²) in [7, 11) is 0. The molecule has 110 valence electrons. The molecule has 1 saturated heterocycles. The van der Waals surface area contributed by atoms with E-state index >= 15 is 0 Å². The van der Waals surface area contributed by atoms with Crippen LogP contribution in [0.3, 0.4) is 0 Å². The molecule has 0 bridgehead atoms. The average Bonchev–Trinajstić information content (AvgIpc) is 3.02. The van der Waals surface area contributed by atoms with Crippen LogP contribution in [0.25, 0.3) is 5.82 Å². The van der Waals surface area contributed by atoms with Gasteiger partial charge in [0.15, 0.2) is 5.82 Å². The Hall–Kier alpha value is -2.28. The second kappa shape index (κ2) is 6.01. The maximum Gasteiger partial charge on any atom is 0.227 e. The van der Waals surface area contributed by atoms with Crippen molar-refractivity contribution in [1.29, 1.82) is 0 Å². The molecule has 0 aromatic carbocycles. The fourth-order valence-corrected chi connectivity index (χ4v) is 2.60. The van der Waals surface area contributed by atoms with Gasteiger partial charge in [-0.1, -0.05) is 0 Å². The lowest BCUT2D eigenvalue weighted by atomic mass is 9.92. The maximum absolute atomic E-state index is 12.4. The zero-order chi connectivity index (χ0) is 14.7. The number of nitrogens with one attached hydrogen (secondary N) is 2. The Balaban J connectivity index is 1.77. The minimum atomic E-state index is 0.0325. The topological polar surface area (TPSA) is 84.7 Å². The molecule has 7 nitrogen and oxygen atoms in total. The highest BCUT2D eigenvalue weighted by Crippen LogP contribution is 2.21. The minimum absolute atomic E-state index is 0.0325. The van der Waals surface area contributed by atoms with Crippen LogP contribution < -0.4 is 10.6 Å². The van der Waals surface area contributed by atoms with Crippen molar-refractivity contribution < 1.29 is 4.79 Å². The van der Waals surface area contributed by atoms with Crippen molar-refractivity contribution in [2.45, 2.75) is 25.8 Å². The van der Waals surface area contributed by atoms with E-state index in [4.69, 9.17) is 0 Å². The molecule has 3 rings (SSSR count). The zero-order valence-corrected chi connectivity index (χ0v) is 11.9. The molecule has 21 heavy (non-hydrogen) atoms. The van der Waals surface area contributed by atoms with Crippen molar-refractivity contribution >= 4 is 11.6 Å².